The second-order valence-electron chi connectivity index (χ2n) is 4.81. The third-order valence-electron chi connectivity index (χ3n) is 3.20. The predicted octanol–water partition coefficient (Wildman–Crippen LogP) is 2.75. The summed E-state index contributed by atoms with van der Waals surface area (Å²) >= 11 is 0. The molecule has 1 atom stereocenters. The van der Waals surface area contributed by atoms with E-state index in [0.717, 1.165) is 0 Å². The Labute approximate surface area is 133 Å². The molecule has 1 heterocycles. The van der Waals surface area contributed by atoms with Crippen LogP contribution in [0, 0.1) is 11.3 Å². The largest absolute Gasteiger partial charge is 0.467 e. The number of nitrogen functional groups attached to an aromatic ring is 1. The minimum absolute atomic E-state index is 0.352. The molecule has 2 aromatic rings. The molecule has 1 unspecified atom stereocenters. The van der Waals surface area contributed by atoms with Crippen LogP contribution in [0.2, 0.25) is 0 Å². The first-order valence-corrected chi connectivity index (χ1v) is 7.03. The first kappa shape index (κ1) is 14.6. The van der Waals surface area contributed by atoms with E-state index in [1.165, 1.54) is 6.34 Å². The van der Waals surface area contributed by atoms with Crippen LogP contribution in [0.4, 0.5) is 5.69 Å². The van der Waals surface area contributed by atoms with Crippen molar-refractivity contribution in [2.75, 3.05) is 5.73 Å². The normalized spacial score (nSPS) is 16.3. The number of nitriles is 1. The van der Waals surface area contributed by atoms with Gasteiger partial charge in [-0.1, -0.05) is 24.3 Å². The van der Waals surface area contributed by atoms with Gasteiger partial charge in [0.15, 0.2) is 12.0 Å². The zero-order valence-corrected chi connectivity index (χ0v) is 12.2. The number of hydrogen-bond acceptors (Lipinski definition) is 6. The van der Waals surface area contributed by atoms with Crippen molar-refractivity contribution < 1.29 is 9.47 Å². The molecule has 0 saturated heterocycles. The molecule has 114 valence electrons. The highest BCUT2D eigenvalue weighted by molar-refractivity contribution is 5.88. The van der Waals surface area contributed by atoms with Crippen molar-refractivity contribution in [3.8, 4) is 17.6 Å². The van der Waals surface area contributed by atoms with Gasteiger partial charge in [0.25, 0.3) is 0 Å². The van der Waals surface area contributed by atoms with Gasteiger partial charge in [0.1, 0.15) is 18.2 Å². The van der Waals surface area contributed by atoms with Gasteiger partial charge in [-0.25, -0.2) is 9.98 Å². The van der Waals surface area contributed by atoms with Crippen molar-refractivity contribution >= 4 is 17.9 Å². The van der Waals surface area contributed by atoms with E-state index in [1.54, 1.807) is 36.4 Å². The molecule has 0 spiro atoms. The fourth-order valence-electron chi connectivity index (χ4n) is 2.08. The lowest BCUT2D eigenvalue weighted by Gasteiger charge is -2.19. The Hall–Kier alpha value is -3.33. The van der Waals surface area contributed by atoms with E-state index >= 15 is 0 Å². The molecule has 1 aliphatic heterocycles. The molecule has 0 radical (unpaired) electrons. The lowest BCUT2D eigenvalue weighted by atomic mass is 10.2. The van der Waals surface area contributed by atoms with Gasteiger partial charge in [0.2, 0.25) is 5.90 Å². The Morgan fingerprint density at radius 3 is 2.61 bits per heavy atom. The summed E-state index contributed by atoms with van der Waals surface area (Å²) in [6.45, 7) is 0. The molecule has 6 heteroatoms. The minimum Gasteiger partial charge on any atom is -0.467 e. The molecular formula is C17H14N4O2. The molecule has 2 N–H and O–H groups in total. The van der Waals surface area contributed by atoms with Crippen LogP contribution in [0.3, 0.4) is 0 Å². The summed E-state index contributed by atoms with van der Waals surface area (Å²) in [7, 11) is 0. The number of hydrogen-bond donors (Lipinski definition) is 1. The summed E-state index contributed by atoms with van der Waals surface area (Å²) < 4.78 is 11.5. The van der Waals surface area contributed by atoms with Gasteiger partial charge in [-0.05, 0) is 24.3 Å². The number of benzene rings is 2. The van der Waals surface area contributed by atoms with E-state index in [4.69, 9.17) is 20.5 Å². The molecule has 0 bridgehead atoms. The predicted molar refractivity (Wildman–Crippen MR) is 87.6 cm³/mol. The van der Waals surface area contributed by atoms with Gasteiger partial charge in [-0.2, -0.15) is 5.26 Å². The molecule has 2 aromatic carbocycles. The van der Waals surface area contributed by atoms with Gasteiger partial charge in [-0.15, -0.1) is 0 Å². The highest BCUT2D eigenvalue weighted by Crippen LogP contribution is 2.23. The van der Waals surface area contributed by atoms with E-state index in [2.05, 4.69) is 16.1 Å². The maximum Gasteiger partial charge on any atom is 0.202 e. The number of rotatable bonds is 3. The number of ether oxygens (including phenoxy) is 2. The average Bonchev–Trinajstić information content (AvgIpc) is 2.58. The van der Waals surface area contributed by atoms with Crippen molar-refractivity contribution in [3.63, 3.8) is 0 Å². The number of aliphatic imine (C=N–C) groups is 2. The number of nitrogens with zero attached hydrogens (tertiary/aromatic N) is 3. The summed E-state index contributed by atoms with van der Waals surface area (Å²) in [6, 6.07) is 16.3. The first-order chi connectivity index (χ1) is 11.3. The van der Waals surface area contributed by atoms with Crippen LogP contribution in [-0.2, 0) is 0 Å². The van der Waals surface area contributed by atoms with Crippen LogP contribution in [0.15, 0.2) is 58.5 Å². The maximum atomic E-state index is 9.09. The molecule has 6 nitrogen and oxygen atoms in total. The van der Waals surface area contributed by atoms with Crippen molar-refractivity contribution in [2.45, 2.75) is 12.6 Å². The van der Waals surface area contributed by atoms with Gasteiger partial charge < -0.3 is 15.2 Å². The van der Waals surface area contributed by atoms with Gasteiger partial charge in [0.05, 0.1) is 17.7 Å². The van der Waals surface area contributed by atoms with Crippen LogP contribution >= 0.6 is 0 Å². The standard InChI is InChI=1S/C17H14N4O2/c18-10-12-5-1-3-7-14(12)22-16-9-17(21-11-20-16)23-15-8-4-2-6-13(15)19/h1-8,11,16H,9,19H2. The van der Waals surface area contributed by atoms with Crippen molar-refractivity contribution in [2.24, 2.45) is 9.98 Å². The second kappa shape index (κ2) is 6.62. The van der Waals surface area contributed by atoms with Gasteiger partial charge in [0, 0.05) is 0 Å². The van der Waals surface area contributed by atoms with Gasteiger partial charge in [-0.3, -0.25) is 0 Å². The summed E-state index contributed by atoms with van der Waals surface area (Å²) in [5.74, 6) is 1.48. The highest BCUT2D eigenvalue weighted by Gasteiger charge is 2.19. The molecule has 1 aliphatic rings. The summed E-state index contributed by atoms with van der Waals surface area (Å²) in [4.78, 5) is 8.26. The molecule has 0 aliphatic carbocycles. The van der Waals surface area contributed by atoms with Crippen LogP contribution in [-0.4, -0.2) is 18.5 Å². The van der Waals surface area contributed by atoms with Crippen molar-refractivity contribution in [1.82, 2.24) is 0 Å². The Morgan fingerprint density at radius 2 is 1.83 bits per heavy atom. The van der Waals surface area contributed by atoms with E-state index in [-0.39, 0.29) is 0 Å². The van der Waals surface area contributed by atoms with Crippen LogP contribution in [0.5, 0.6) is 11.5 Å². The zero-order valence-electron chi connectivity index (χ0n) is 12.2. The molecular weight excluding hydrogens is 292 g/mol. The van der Waals surface area contributed by atoms with E-state index in [0.29, 0.717) is 35.1 Å². The SMILES string of the molecule is N#Cc1ccccc1OC1CC(Oc2ccccc2N)=NC=N1. The van der Waals surface area contributed by atoms with E-state index < -0.39 is 6.23 Å². The fraction of sp³-hybridized carbons (Fsp3) is 0.118. The van der Waals surface area contributed by atoms with E-state index in [1.807, 2.05) is 12.1 Å². The smallest absolute Gasteiger partial charge is 0.202 e. The summed E-state index contributed by atoms with van der Waals surface area (Å²) in [6.07, 6.45) is 1.24. The third kappa shape index (κ3) is 3.47. The van der Waals surface area contributed by atoms with Crippen molar-refractivity contribution in [3.05, 3.63) is 54.1 Å². The molecule has 0 amide bonds. The lowest BCUT2D eigenvalue weighted by molar-refractivity contribution is 0.212. The van der Waals surface area contributed by atoms with Crippen LogP contribution in [0.25, 0.3) is 0 Å². The average molecular weight is 306 g/mol. The van der Waals surface area contributed by atoms with Crippen LogP contribution in [0.1, 0.15) is 12.0 Å². The molecule has 3 rings (SSSR count). The lowest BCUT2D eigenvalue weighted by Crippen LogP contribution is -2.25. The Balaban J connectivity index is 1.69. The Morgan fingerprint density at radius 1 is 1.09 bits per heavy atom. The maximum absolute atomic E-state index is 9.09. The van der Waals surface area contributed by atoms with E-state index in [9.17, 15) is 0 Å². The molecule has 23 heavy (non-hydrogen) atoms. The summed E-state index contributed by atoms with van der Waals surface area (Å²) in [5.41, 5.74) is 6.84. The summed E-state index contributed by atoms with van der Waals surface area (Å²) in [5, 5.41) is 9.09. The number of anilines is 1. The Kier molecular flexibility index (Phi) is 4.20. The number of para-hydroxylation sites is 3. The topological polar surface area (TPSA) is 93.0 Å². The molecule has 0 saturated carbocycles. The Bertz CT molecular complexity index is 808. The quantitative estimate of drug-likeness (QED) is 0.882. The first-order valence-electron chi connectivity index (χ1n) is 7.03. The minimum atomic E-state index is -0.498. The van der Waals surface area contributed by atoms with Gasteiger partial charge >= 0.3 is 0 Å². The third-order valence-corrected chi connectivity index (χ3v) is 3.20. The van der Waals surface area contributed by atoms with Crippen LogP contribution < -0.4 is 15.2 Å². The highest BCUT2D eigenvalue weighted by atomic mass is 16.5. The molecule has 0 aromatic heterocycles. The fourth-order valence-corrected chi connectivity index (χ4v) is 2.08. The second-order valence-corrected chi connectivity index (χ2v) is 4.81. The molecule has 0 fully saturated rings. The zero-order chi connectivity index (χ0) is 16.1. The number of nitrogens with two attached hydrogens (primary N) is 1. The van der Waals surface area contributed by atoms with Crippen molar-refractivity contribution in [1.29, 1.82) is 5.26 Å². The monoisotopic (exact) mass is 306 g/mol.